The fraction of sp³-hybridized carbons (Fsp3) is 0.312. The highest BCUT2D eigenvalue weighted by Gasteiger charge is 2.02. The lowest BCUT2D eigenvalue weighted by atomic mass is 10.0. The molecule has 1 aromatic carbocycles. The van der Waals surface area contributed by atoms with Crippen LogP contribution >= 0.6 is 15.9 Å². The molecule has 0 aliphatic rings. The summed E-state index contributed by atoms with van der Waals surface area (Å²) in [7, 11) is 0. The van der Waals surface area contributed by atoms with E-state index in [1.54, 1.807) is 12.4 Å². The van der Waals surface area contributed by atoms with E-state index in [2.05, 4.69) is 40.0 Å². The predicted octanol–water partition coefficient (Wildman–Crippen LogP) is 3.70. The Bertz CT molecular complexity index is 542. The first kappa shape index (κ1) is 15.0. The summed E-state index contributed by atoms with van der Waals surface area (Å²) in [6, 6.07) is 10.4. The Hall–Kier alpha value is -1.39. The van der Waals surface area contributed by atoms with E-state index in [0.29, 0.717) is 6.61 Å². The van der Waals surface area contributed by atoms with Crippen molar-refractivity contribution in [3.63, 3.8) is 0 Å². The fourth-order valence-electron chi connectivity index (χ4n) is 1.87. The molecule has 0 radical (unpaired) electrons. The quantitative estimate of drug-likeness (QED) is 0.876. The van der Waals surface area contributed by atoms with E-state index in [1.165, 1.54) is 5.56 Å². The number of hydrogen-bond acceptors (Lipinski definition) is 3. The molecule has 2 aromatic rings. The average molecular weight is 335 g/mol. The number of rotatable bonds is 6. The van der Waals surface area contributed by atoms with E-state index in [9.17, 15) is 0 Å². The van der Waals surface area contributed by atoms with Crippen LogP contribution in [0.25, 0.3) is 0 Å². The molecule has 2 rings (SSSR count). The molecule has 1 heterocycles. The molecule has 4 heteroatoms. The van der Waals surface area contributed by atoms with Crippen LogP contribution in [0.3, 0.4) is 0 Å². The fourth-order valence-corrected chi connectivity index (χ4v) is 2.28. The van der Waals surface area contributed by atoms with Crippen LogP contribution in [0.15, 0.2) is 47.2 Å². The Morgan fingerprint density at radius 2 is 1.95 bits per heavy atom. The van der Waals surface area contributed by atoms with E-state index in [4.69, 9.17) is 10.5 Å². The molecule has 2 N–H and O–H groups in total. The molecule has 3 nitrogen and oxygen atoms in total. The summed E-state index contributed by atoms with van der Waals surface area (Å²) in [5.41, 5.74) is 8.23. The van der Waals surface area contributed by atoms with Gasteiger partial charge in [-0.25, -0.2) is 0 Å². The topological polar surface area (TPSA) is 48.1 Å². The second-order valence-corrected chi connectivity index (χ2v) is 5.73. The van der Waals surface area contributed by atoms with Crippen molar-refractivity contribution in [3.8, 4) is 5.75 Å². The molecule has 0 spiro atoms. The Morgan fingerprint density at radius 1 is 1.20 bits per heavy atom. The Kier molecular flexibility index (Phi) is 5.56. The van der Waals surface area contributed by atoms with Gasteiger partial charge in [0.25, 0.3) is 0 Å². The smallest absolute Gasteiger partial charge is 0.119 e. The van der Waals surface area contributed by atoms with Crippen molar-refractivity contribution < 1.29 is 4.74 Å². The summed E-state index contributed by atoms with van der Waals surface area (Å²) in [6.45, 7) is 2.62. The first-order valence-electron chi connectivity index (χ1n) is 6.74. The molecule has 0 aliphatic heterocycles. The van der Waals surface area contributed by atoms with Crippen molar-refractivity contribution in [1.82, 2.24) is 4.98 Å². The second-order valence-electron chi connectivity index (χ2n) is 4.82. The summed E-state index contributed by atoms with van der Waals surface area (Å²) in [5, 5.41) is 0. The minimum Gasteiger partial charge on any atom is -0.489 e. The third-order valence-electron chi connectivity index (χ3n) is 3.11. The van der Waals surface area contributed by atoms with Crippen LogP contribution in [0.1, 0.15) is 24.5 Å². The van der Waals surface area contributed by atoms with E-state index >= 15 is 0 Å². The molecule has 20 heavy (non-hydrogen) atoms. The molecule has 0 saturated carbocycles. The molecule has 1 aromatic heterocycles. The van der Waals surface area contributed by atoms with Gasteiger partial charge in [0.15, 0.2) is 0 Å². The number of halogens is 1. The summed E-state index contributed by atoms with van der Waals surface area (Å²) in [4.78, 5) is 4.11. The number of ether oxygens (including phenoxy) is 1. The number of nitrogens with zero attached hydrogens (tertiary/aromatic N) is 1. The van der Waals surface area contributed by atoms with Crippen molar-refractivity contribution in [2.75, 3.05) is 0 Å². The van der Waals surface area contributed by atoms with Crippen molar-refractivity contribution in [2.45, 2.75) is 32.4 Å². The van der Waals surface area contributed by atoms with Gasteiger partial charge in [-0.3, -0.25) is 4.98 Å². The minimum atomic E-state index is 0.231. The molecule has 0 aliphatic carbocycles. The zero-order valence-electron chi connectivity index (χ0n) is 11.6. The second kappa shape index (κ2) is 7.41. The van der Waals surface area contributed by atoms with E-state index < -0.39 is 0 Å². The maximum atomic E-state index is 5.95. The maximum Gasteiger partial charge on any atom is 0.119 e. The minimum absolute atomic E-state index is 0.231. The highest BCUT2D eigenvalue weighted by atomic mass is 79.9. The van der Waals surface area contributed by atoms with Gasteiger partial charge in [-0.05, 0) is 52.5 Å². The highest BCUT2D eigenvalue weighted by molar-refractivity contribution is 9.10. The standard InChI is InChI=1S/C16H19BrN2O/c1-2-15(18)8-12-3-5-16(6-4-12)20-11-13-7-14(17)10-19-9-13/h3-7,9-10,15H,2,8,11,18H2,1H3. The number of aromatic nitrogens is 1. The molecule has 0 fully saturated rings. The molecule has 1 atom stereocenters. The van der Waals surface area contributed by atoms with Crippen molar-refractivity contribution >= 4 is 15.9 Å². The molecular weight excluding hydrogens is 316 g/mol. The number of benzene rings is 1. The van der Waals surface area contributed by atoms with E-state index in [0.717, 1.165) is 28.6 Å². The van der Waals surface area contributed by atoms with Crippen molar-refractivity contribution in [2.24, 2.45) is 5.73 Å². The summed E-state index contributed by atoms with van der Waals surface area (Å²) >= 11 is 3.40. The average Bonchev–Trinajstić information content (AvgIpc) is 2.46. The zero-order chi connectivity index (χ0) is 14.4. The van der Waals surface area contributed by atoms with E-state index in [-0.39, 0.29) is 6.04 Å². The largest absolute Gasteiger partial charge is 0.489 e. The van der Waals surface area contributed by atoms with Crippen LogP contribution in [0.5, 0.6) is 5.75 Å². The van der Waals surface area contributed by atoms with Gasteiger partial charge in [0, 0.05) is 28.5 Å². The summed E-state index contributed by atoms with van der Waals surface area (Å²) in [5.74, 6) is 0.860. The predicted molar refractivity (Wildman–Crippen MR) is 84.7 cm³/mol. The monoisotopic (exact) mass is 334 g/mol. The van der Waals surface area contributed by atoms with Gasteiger partial charge in [-0.15, -0.1) is 0 Å². The van der Waals surface area contributed by atoms with Crippen LogP contribution in [-0.4, -0.2) is 11.0 Å². The molecule has 1 unspecified atom stereocenters. The van der Waals surface area contributed by atoms with Crippen LogP contribution in [0.4, 0.5) is 0 Å². The Labute approximate surface area is 128 Å². The van der Waals surface area contributed by atoms with Crippen molar-refractivity contribution in [1.29, 1.82) is 0 Å². The van der Waals surface area contributed by atoms with Gasteiger partial charge in [0.1, 0.15) is 12.4 Å². The first-order chi connectivity index (χ1) is 9.67. The molecular formula is C16H19BrN2O. The maximum absolute atomic E-state index is 5.95. The highest BCUT2D eigenvalue weighted by Crippen LogP contribution is 2.16. The van der Waals surface area contributed by atoms with Crippen LogP contribution in [0, 0.1) is 0 Å². The third kappa shape index (κ3) is 4.62. The summed E-state index contributed by atoms with van der Waals surface area (Å²) in [6.07, 6.45) is 5.47. The number of hydrogen-bond donors (Lipinski definition) is 1. The van der Waals surface area contributed by atoms with Gasteiger partial charge in [-0.1, -0.05) is 19.1 Å². The Morgan fingerprint density at radius 3 is 2.60 bits per heavy atom. The molecule has 106 valence electrons. The van der Waals surface area contributed by atoms with Gasteiger partial charge >= 0.3 is 0 Å². The third-order valence-corrected chi connectivity index (χ3v) is 3.55. The Balaban J connectivity index is 1.90. The summed E-state index contributed by atoms with van der Waals surface area (Å²) < 4.78 is 6.70. The normalized spacial score (nSPS) is 12.2. The van der Waals surface area contributed by atoms with Crippen LogP contribution < -0.4 is 10.5 Å². The first-order valence-corrected chi connectivity index (χ1v) is 7.53. The SMILES string of the molecule is CCC(N)Cc1ccc(OCc2cncc(Br)c2)cc1. The van der Waals surface area contributed by atoms with Crippen LogP contribution in [-0.2, 0) is 13.0 Å². The van der Waals surface area contributed by atoms with Crippen LogP contribution in [0.2, 0.25) is 0 Å². The number of pyridine rings is 1. The number of nitrogens with two attached hydrogens (primary N) is 1. The van der Waals surface area contributed by atoms with Gasteiger partial charge < -0.3 is 10.5 Å². The van der Waals surface area contributed by atoms with Gasteiger partial charge in [-0.2, -0.15) is 0 Å². The lowest BCUT2D eigenvalue weighted by Crippen LogP contribution is -2.21. The van der Waals surface area contributed by atoms with Gasteiger partial charge in [0.2, 0.25) is 0 Å². The van der Waals surface area contributed by atoms with Crippen molar-refractivity contribution in [3.05, 3.63) is 58.3 Å². The molecule has 0 saturated heterocycles. The molecule has 0 amide bonds. The lowest BCUT2D eigenvalue weighted by Gasteiger charge is -2.10. The molecule has 0 bridgehead atoms. The van der Waals surface area contributed by atoms with E-state index in [1.807, 2.05) is 18.2 Å². The zero-order valence-corrected chi connectivity index (χ0v) is 13.1. The van der Waals surface area contributed by atoms with Gasteiger partial charge in [0.05, 0.1) is 0 Å². The lowest BCUT2D eigenvalue weighted by molar-refractivity contribution is 0.305.